The second-order valence-corrected chi connectivity index (χ2v) is 4.72. The van der Waals surface area contributed by atoms with Gasteiger partial charge >= 0.3 is 0 Å². The Morgan fingerprint density at radius 2 is 2.25 bits per heavy atom. The molecule has 16 heavy (non-hydrogen) atoms. The molecular formula is C12H15ClN2O. The summed E-state index contributed by atoms with van der Waals surface area (Å²) in [4.78, 5) is 3.92. The number of hydrogen-bond donors (Lipinski definition) is 0. The van der Waals surface area contributed by atoms with Gasteiger partial charge in [0.25, 0.3) is 0 Å². The fraction of sp³-hybridized carbons (Fsp3) is 0.500. The first-order chi connectivity index (χ1) is 7.53. The van der Waals surface area contributed by atoms with Crippen molar-refractivity contribution >= 4 is 11.6 Å². The van der Waals surface area contributed by atoms with Crippen LogP contribution >= 0.6 is 11.6 Å². The zero-order valence-electron chi connectivity index (χ0n) is 9.53. The Labute approximate surface area is 101 Å². The average Bonchev–Trinajstić information content (AvgIpc) is 2.25. The molecule has 0 unspecified atom stereocenters. The molecule has 1 rings (SSSR count). The van der Waals surface area contributed by atoms with Gasteiger partial charge < -0.3 is 4.74 Å². The summed E-state index contributed by atoms with van der Waals surface area (Å²) in [7, 11) is 0. The Bertz CT molecular complexity index is 385. The Hall–Kier alpha value is -1.27. The molecular weight excluding hydrogens is 224 g/mol. The van der Waals surface area contributed by atoms with Gasteiger partial charge in [0.15, 0.2) is 0 Å². The summed E-state index contributed by atoms with van der Waals surface area (Å²) in [6.45, 7) is 4.43. The second kappa shape index (κ2) is 5.72. The van der Waals surface area contributed by atoms with Crippen molar-refractivity contribution in [1.82, 2.24) is 4.98 Å². The van der Waals surface area contributed by atoms with E-state index < -0.39 is 0 Å². The second-order valence-electron chi connectivity index (χ2n) is 4.29. The lowest BCUT2D eigenvalue weighted by molar-refractivity contribution is 0.283. The van der Waals surface area contributed by atoms with Crippen molar-refractivity contribution < 1.29 is 4.74 Å². The van der Waals surface area contributed by atoms with Crippen LogP contribution in [0.15, 0.2) is 18.5 Å². The number of nitrogens with zero attached hydrogens (tertiary/aromatic N) is 2. The van der Waals surface area contributed by atoms with Crippen molar-refractivity contribution in [2.75, 3.05) is 6.61 Å². The summed E-state index contributed by atoms with van der Waals surface area (Å²) in [5, 5.41) is 9.39. The van der Waals surface area contributed by atoms with E-state index >= 15 is 0 Å². The first-order valence-corrected chi connectivity index (χ1v) is 5.56. The minimum atomic E-state index is -0.282. The highest BCUT2D eigenvalue weighted by molar-refractivity contribution is 6.30. The van der Waals surface area contributed by atoms with E-state index in [2.05, 4.69) is 11.1 Å². The summed E-state index contributed by atoms with van der Waals surface area (Å²) in [5.74, 6) is 0.669. The predicted molar refractivity (Wildman–Crippen MR) is 63.4 cm³/mol. The van der Waals surface area contributed by atoms with E-state index in [0.717, 1.165) is 12.8 Å². The minimum absolute atomic E-state index is 0.282. The molecule has 0 amide bonds. The number of aromatic nitrogens is 1. The number of halogens is 1. The topological polar surface area (TPSA) is 45.9 Å². The smallest absolute Gasteiger partial charge is 0.139 e. The van der Waals surface area contributed by atoms with Crippen molar-refractivity contribution in [2.24, 2.45) is 5.41 Å². The molecule has 0 fully saturated rings. The average molecular weight is 239 g/mol. The van der Waals surface area contributed by atoms with Gasteiger partial charge in [-0.3, -0.25) is 4.98 Å². The number of hydrogen-bond acceptors (Lipinski definition) is 3. The molecule has 86 valence electrons. The third-order valence-electron chi connectivity index (χ3n) is 2.20. The van der Waals surface area contributed by atoms with E-state index in [1.165, 1.54) is 0 Å². The molecule has 1 aromatic heterocycles. The van der Waals surface area contributed by atoms with E-state index in [4.69, 9.17) is 21.6 Å². The van der Waals surface area contributed by atoms with Crippen molar-refractivity contribution in [1.29, 1.82) is 5.26 Å². The van der Waals surface area contributed by atoms with Crippen LogP contribution in [0.3, 0.4) is 0 Å². The van der Waals surface area contributed by atoms with Crippen LogP contribution in [0, 0.1) is 16.7 Å². The maximum absolute atomic E-state index is 8.83. The summed E-state index contributed by atoms with van der Waals surface area (Å²) in [6, 6.07) is 3.99. The summed E-state index contributed by atoms with van der Waals surface area (Å²) >= 11 is 5.77. The molecule has 0 radical (unpaired) electrons. The molecule has 0 saturated heterocycles. The Kier molecular flexibility index (Phi) is 4.57. The van der Waals surface area contributed by atoms with Crippen LogP contribution in [0.1, 0.15) is 26.7 Å². The number of nitriles is 1. The normalized spacial score (nSPS) is 10.9. The Morgan fingerprint density at radius 3 is 2.88 bits per heavy atom. The summed E-state index contributed by atoms with van der Waals surface area (Å²) in [5.41, 5.74) is -0.282. The third kappa shape index (κ3) is 4.50. The van der Waals surface area contributed by atoms with Gasteiger partial charge in [0.05, 0.1) is 29.3 Å². The summed E-state index contributed by atoms with van der Waals surface area (Å²) in [6.07, 6.45) is 4.85. The van der Waals surface area contributed by atoms with Crippen LogP contribution in [0.2, 0.25) is 5.02 Å². The van der Waals surface area contributed by atoms with Gasteiger partial charge in [-0.25, -0.2) is 0 Å². The molecule has 1 aromatic rings. The van der Waals surface area contributed by atoms with Crippen LogP contribution < -0.4 is 4.74 Å². The van der Waals surface area contributed by atoms with E-state index in [1.54, 1.807) is 18.5 Å². The van der Waals surface area contributed by atoms with Gasteiger partial charge in [-0.1, -0.05) is 11.6 Å². The van der Waals surface area contributed by atoms with Gasteiger partial charge in [-0.2, -0.15) is 5.26 Å². The van der Waals surface area contributed by atoms with Gasteiger partial charge in [0, 0.05) is 12.3 Å². The molecule has 1 heterocycles. The first kappa shape index (κ1) is 12.8. The van der Waals surface area contributed by atoms with Gasteiger partial charge in [-0.05, 0) is 26.7 Å². The van der Waals surface area contributed by atoms with Gasteiger partial charge in [0.2, 0.25) is 0 Å². The molecule has 0 bridgehead atoms. The highest BCUT2D eigenvalue weighted by Gasteiger charge is 2.15. The molecule has 0 saturated carbocycles. The molecule has 0 aliphatic rings. The molecule has 0 aromatic carbocycles. The van der Waals surface area contributed by atoms with Crippen molar-refractivity contribution in [3.8, 4) is 11.8 Å². The number of rotatable bonds is 5. The standard InChI is InChI=1S/C12H15ClN2O/c1-12(2,9-14)4-3-5-16-11-6-10(13)7-15-8-11/h6-8H,3-5H2,1-2H3. The maximum Gasteiger partial charge on any atom is 0.139 e. The predicted octanol–water partition coefficient (Wildman–Crippen LogP) is 3.44. The summed E-state index contributed by atoms with van der Waals surface area (Å²) < 4.78 is 5.47. The fourth-order valence-corrected chi connectivity index (χ4v) is 1.40. The van der Waals surface area contributed by atoms with Crippen molar-refractivity contribution in [2.45, 2.75) is 26.7 Å². The van der Waals surface area contributed by atoms with E-state index in [1.807, 2.05) is 13.8 Å². The molecule has 0 aliphatic heterocycles. The molecule has 0 N–H and O–H groups in total. The van der Waals surface area contributed by atoms with Crippen LogP contribution in [-0.2, 0) is 0 Å². The number of pyridine rings is 1. The highest BCUT2D eigenvalue weighted by atomic mass is 35.5. The van der Waals surface area contributed by atoms with Crippen LogP contribution in [0.25, 0.3) is 0 Å². The van der Waals surface area contributed by atoms with Crippen LogP contribution in [-0.4, -0.2) is 11.6 Å². The van der Waals surface area contributed by atoms with E-state index in [-0.39, 0.29) is 5.41 Å². The molecule has 0 aliphatic carbocycles. The molecule has 0 spiro atoms. The zero-order valence-corrected chi connectivity index (χ0v) is 10.3. The lowest BCUT2D eigenvalue weighted by Crippen LogP contribution is -2.10. The zero-order chi connectivity index (χ0) is 12.0. The van der Waals surface area contributed by atoms with Crippen molar-refractivity contribution in [3.05, 3.63) is 23.5 Å². The largest absolute Gasteiger partial charge is 0.492 e. The molecule has 0 atom stereocenters. The first-order valence-electron chi connectivity index (χ1n) is 5.18. The Morgan fingerprint density at radius 1 is 1.50 bits per heavy atom. The van der Waals surface area contributed by atoms with Gasteiger partial charge in [0.1, 0.15) is 5.75 Å². The highest BCUT2D eigenvalue weighted by Crippen LogP contribution is 2.21. The number of ether oxygens (including phenoxy) is 1. The van der Waals surface area contributed by atoms with Crippen LogP contribution in [0.4, 0.5) is 0 Å². The van der Waals surface area contributed by atoms with E-state index in [9.17, 15) is 0 Å². The lowest BCUT2D eigenvalue weighted by Gasteiger charge is -2.14. The molecule has 3 nitrogen and oxygen atoms in total. The van der Waals surface area contributed by atoms with Crippen molar-refractivity contribution in [3.63, 3.8) is 0 Å². The fourth-order valence-electron chi connectivity index (χ4n) is 1.23. The SMILES string of the molecule is CC(C)(C#N)CCCOc1cncc(Cl)c1. The van der Waals surface area contributed by atoms with Crippen LogP contribution in [0.5, 0.6) is 5.75 Å². The lowest BCUT2D eigenvalue weighted by atomic mass is 9.90. The van der Waals surface area contributed by atoms with E-state index in [0.29, 0.717) is 17.4 Å². The van der Waals surface area contributed by atoms with Gasteiger partial charge in [-0.15, -0.1) is 0 Å². The third-order valence-corrected chi connectivity index (χ3v) is 2.40. The molecule has 4 heteroatoms. The Balaban J connectivity index is 2.29. The maximum atomic E-state index is 8.83. The quantitative estimate of drug-likeness (QED) is 0.739. The monoisotopic (exact) mass is 238 g/mol. The minimum Gasteiger partial charge on any atom is -0.492 e.